The van der Waals surface area contributed by atoms with E-state index >= 15 is 0 Å². The largest absolute Gasteiger partial charge is 0.316 e. The maximum atomic E-state index is 6.35. The predicted octanol–water partition coefficient (Wildman–Crippen LogP) is 8.06. The molecule has 4 aromatic rings. The molecule has 0 radical (unpaired) electrons. The third-order valence-corrected chi connectivity index (χ3v) is 9.33. The molecule has 3 nitrogen and oxygen atoms in total. The lowest BCUT2D eigenvalue weighted by atomic mass is 9.67. The van der Waals surface area contributed by atoms with Crippen LogP contribution in [0.3, 0.4) is 0 Å². The van der Waals surface area contributed by atoms with Crippen LogP contribution < -0.4 is 5.32 Å². The van der Waals surface area contributed by atoms with E-state index in [-0.39, 0.29) is 10.8 Å². The number of hydrogen-bond acceptors (Lipinski definition) is 3. The summed E-state index contributed by atoms with van der Waals surface area (Å²) in [5.41, 5.74) is 6.18. The molecule has 1 fully saturated rings. The van der Waals surface area contributed by atoms with E-state index in [2.05, 4.69) is 83.6 Å². The number of aromatic nitrogens is 1. The molecule has 208 valence electrons. The molecule has 1 aliphatic rings. The summed E-state index contributed by atoms with van der Waals surface area (Å²) in [6.07, 6.45) is 7.07. The minimum absolute atomic E-state index is 0.174. The lowest BCUT2D eigenvalue weighted by Crippen LogP contribution is -2.49. The van der Waals surface area contributed by atoms with Gasteiger partial charge in [-0.25, -0.2) is 0 Å². The smallest absolute Gasteiger partial charge is 0.0478 e. The molecule has 1 aromatic heterocycles. The molecule has 2 heterocycles. The minimum Gasteiger partial charge on any atom is -0.316 e. The van der Waals surface area contributed by atoms with Crippen molar-refractivity contribution in [2.75, 3.05) is 32.7 Å². The van der Waals surface area contributed by atoms with E-state index in [4.69, 9.17) is 23.2 Å². The number of likely N-dealkylation sites (N-methyl/N-ethyl adjacent to an activating group) is 1. The Morgan fingerprint density at radius 1 is 0.825 bits per heavy atom. The monoisotopic (exact) mass is 571 g/mol. The highest BCUT2D eigenvalue weighted by Gasteiger charge is 2.39. The van der Waals surface area contributed by atoms with Gasteiger partial charge in [-0.05, 0) is 105 Å². The van der Waals surface area contributed by atoms with Gasteiger partial charge in [-0.2, -0.15) is 0 Å². The first-order chi connectivity index (χ1) is 19.4. The van der Waals surface area contributed by atoms with Crippen LogP contribution in [0.25, 0.3) is 0 Å². The second-order valence-corrected chi connectivity index (χ2v) is 12.1. The van der Waals surface area contributed by atoms with Gasteiger partial charge in [0.15, 0.2) is 0 Å². The SMILES string of the molecule is CCNCC1(c2ccc(C)cc2)CCN(CCC(c2ccc(Cl)cc2)(c2ccc(Cl)cc2)c2cccnc2)CC1. The highest BCUT2D eigenvalue weighted by molar-refractivity contribution is 6.30. The van der Waals surface area contributed by atoms with E-state index in [1.165, 1.54) is 27.8 Å². The molecule has 0 aliphatic carbocycles. The van der Waals surface area contributed by atoms with Crippen LogP contribution >= 0.6 is 23.2 Å². The van der Waals surface area contributed by atoms with Crippen molar-refractivity contribution in [3.63, 3.8) is 0 Å². The normalized spacial score (nSPS) is 15.7. The predicted molar refractivity (Wildman–Crippen MR) is 169 cm³/mol. The Labute approximate surface area is 249 Å². The molecule has 1 saturated heterocycles. The Kier molecular flexibility index (Phi) is 9.27. The lowest BCUT2D eigenvalue weighted by molar-refractivity contribution is 0.150. The van der Waals surface area contributed by atoms with Crippen molar-refractivity contribution >= 4 is 23.2 Å². The number of rotatable bonds is 10. The molecule has 0 unspecified atom stereocenters. The zero-order valence-corrected chi connectivity index (χ0v) is 25.1. The van der Waals surface area contributed by atoms with Crippen LogP contribution in [0.4, 0.5) is 0 Å². The van der Waals surface area contributed by atoms with Gasteiger partial charge in [-0.15, -0.1) is 0 Å². The number of halogens is 2. The third kappa shape index (κ3) is 6.14. The molecule has 0 atom stereocenters. The molecule has 1 N–H and O–H groups in total. The van der Waals surface area contributed by atoms with Gasteiger partial charge in [-0.1, -0.05) is 90.3 Å². The first kappa shape index (κ1) is 28.8. The molecule has 0 bridgehead atoms. The van der Waals surface area contributed by atoms with Crippen molar-refractivity contribution in [3.05, 3.63) is 135 Å². The van der Waals surface area contributed by atoms with Gasteiger partial charge in [0.25, 0.3) is 0 Å². The van der Waals surface area contributed by atoms with Gasteiger partial charge in [0.2, 0.25) is 0 Å². The van der Waals surface area contributed by atoms with Crippen molar-refractivity contribution in [2.24, 2.45) is 0 Å². The average molecular weight is 573 g/mol. The molecule has 0 saturated carbocycles. The molecule has 40 heavy (non-hydrogen) atoms. The van der Waals surface area contributed by atoms with E-state index in [1.807, 2.05) is 42.7 Å². The Balaban J connectivity index is 1.44. The maximum Gasteiger partial charge on any atom is 0.0478 e. The van der Waals surface area contributed by atoms with Crippen LogP contribution in [0.15, 0.2) is 97.3 Å². The van der Waals surface area contributed by atoms with Crippen molar-refractivity contribution < 1.29 is 0 Å². The average Bonchev–Trinajstić information content (AvgIpc) is 2.99. The summed E-state index contributed by atoms with van der Waals surface area (Å²) in [6.45, 7) is 9.50. The van der Waals surface area contributed by atoms with Crippen LogP contribution in [0.1, 0.15) is 54.0 Å². The van der Waals surface area contributed by atoms with Crippen LogP contribution in [0.5, 0.6) is 0 Å². The second kappa shape index (κ2) is 12.9. The van der Waals surface area contributed by atoms with E-state index in [1.54, 1.807) is 0 Å². The number of nitrogens with zero attached hydrogens (tertiary/aromatic N) is 2. The summed E-state index contributed by atoms with van der Waals surface area (Å²) in [4.78, 5) is 7.19. The van der Waals surface area contributed by atoms with Gasteiger partial charge >= 0.3 is 0 Å². The van der Waals surface area contributed by atoms with Gasteiger partial charge in [0.1, 0.15) is 0 Å². The molecular formula is C35H39Cl2N3. The molecule has 5 rings (SSSR count). The number of nitrogens with one attached hydrogen (secondary N) is 1. The first-order valence-electron chi connectivity index (χ1n) is 14.4. The number of piperidine rings is 1. The molecule has 1 aliphatic heterocycles. The van der Waals surface area contributed by atoms with E-state index < -0.39 is 0 Å². The molecule has 3 aromatic carbocycles. The maximum absolute atomic E-state index is 6.35. The number of likely N-dealkylation sites (tertiary alicyclic amines) is 1. The summed E-state index contributed by atoms with van der Waals surface area (Å²) in [7, 11) is 0. The Morgan fingerprint density at radius 3 is 1.95 bits per heavy atom. The molecule has 0 spiro atoms. The summed E-state index contributed by atoms with van der Waals surface area (Å²) in [5.74, 6) is 0. The van der Waals surface area contributed by atoms with Crippen molar-refractivity contribution in [1.82, 2.24) is 15.2 Å². The van der Waals surface area contributed by atoms with Gasteiger partial charge in [0.05, 0.1) is 0 Å². The molecular weight excluding hydrogens is 533 g/mol. The summed E-state index contributed by atoms with van der Waals surface area (Å²) < 4.78 is 0. The number of aryl methyl sites for hydroxylation is 1. The Hall–Kier alpha value is -2.69. The minimum atomic E-state index is -0.376. The summed E-state index contributed by atoms with van der Waals surface area (Å²) in [6, 6.07) is 30.1. The number of benzene rings is 3. The fourth-order valence-corrected chi connectivity index (χ4v) is 6.64. The lowest BCUT2D eigenvalue weighted by Gasteiger charge is -2.44. The summed E-state index contributed by atoms with van der Waals surface area (Å²) in [5, 5.41) is 5.15. The first-order valence-corrected chi connectivity index (χ1v) is 15.1. The van der Waals surface area contributed by atoms with Crippen LogP contribution in [-0.4, -0.2) is 42.6 Å². The fraction of sp³-hybridized carbons (Fsp3) is 0.343. The quantitative estimate of drug-likeness (QED) is 0.208. The fourth-order valence-electron chi connectivity index (χ4n) is 6.39. The van der Waals surface area contributed by atoms with Crippen molar-refractivity contribution in [2.45, 2.75) is 43.9 Å². The van der Waals surface area contributed by atoms with Gasteiger partial charge in [0, 0.05) is 39.8 Å². The third-order valence-electron chi connectivity index (χ3n) is 8.82. The topological polar surface area (TPSA) is 28.2 Å². The number of hydrogen-bond donors (Lipinski definition) is 1. The second-order valence-electron chi connectivity index (χ2n) is 11.2. The highest BCUT2D eigenvalue weighted by atomic mass is 35.5. The zero-order chi connectivity index (χ0) is 28.0. The van der Waals surface area contributed by atoms with E-state index in [0.717, 1.165) is 62.0 Å². The van der Waals surface area contributed by atoms with E-state index in [0.29, 0.717) is 0 Å². The van der Waals surface area contributed by atoms with Crippen molar-refractivity contribution in [1.29, 1.82) is 0 Å². The van der Waals surface area contributed by atoms with Crippen molar-refractivity contribution in [3.8, 4) is 0 Å². The van der Waals surface area contributed by atoms with E-state index in [9.17, 15) is 0 Å². The summed E-state index contributed by atoms with van der Waals surface area (Å²) >= 11 is 12.7. The van der Waals surface area contributed by atoms with Crippen LogP contribution in [0.2, 0.25) is 10.0 Å². The molecule has 0 amide bonds. The Bertz CT molecular complexity index is 1300. The van der Waals surface area contributed by atoms with Crippen LogP contribution in [-0.2, 0) is 10.8 Å². The molecule has 5 heteroatoms. The number of pyridine rings is 1. The Morgan fingerprint density at radius 2 is 1.43 bits per heavy atom. The zero-order valence-electron chi connectivity index (χ0n) is 23.5. The van der Waals surface area contributed by atoms with Gasteiger partial charge in [-0.3, -0.25) is 4.98 Å². The van der Waals surface area contributed by atoms with Crippen LogP contribution in [0, 0.1) is 6.92 Å². The van der Waals surface area contributed by atoms with Gasteiger partial charge < -0.3 is 10.2 Å². The standard InChI is InChI=1S/C35H39Cl2N3/c1-3-38-26-34(28-8-6-27(2)7-9-28)18-22-40(23-19-34)24-20-35(31-5-4-21-39-25-31,29-10-14-32(36)15-11-29)30-12-16-33(37)17-13-30/h4-17,21,25,38H,3,18-20,22-24,26H2,1-2H3. The highest BCUT2D eigenvalue weighted by Crippen LogP contribution is 2.43.